The van der Waals surface area contributed by atoms with Crippen LogP contribution in [0.15, 0.2) is 24.3 Å². The Labute approximate surface area is 106 Å². The summed E-state index contributed by atoms with van der Waals surface area (Å²) < 4.78 is 5.33. The van der Waals surface area contributed by atoms with Crippen molar-refractivity contribution in [2.45, 2.75) is 24.8 Å². The molecule has 0 amide bonds. The van der Waals surface area contributed by atoms with Gasteiger partial charge in [-0.15, -0.1) is 0 Å². The van der Waals surface area contributed by atoms with E-state index in [0.717, 1.165) is 18.7 Å². The minimum Gasteiger partial charge on any atom is -0.479 e. The zero-order valence-electron chi connectivity index (χ0n) is 10.3. The van der Waals surface area contributed by atoms with Crippen LogP contribution in [-0.2, 0) is 16.0 Å². The van der Waals surface area contributed by atoms with Crippen molar-refractivity contribution in [3.8, 4) is 0 Å². The molecule has 3 rings (SSSR count). The van der Waals surface area contributed by atoms with Crippen molar-refractivity contribution in [1.82, 2.24) is 0 Å². The second-order valence-electron chi connectivity index (χ2n) is 4.98. The summed E-state index contributed by atoms with van der Waals surface area (Å²) in [6, 6.07) is 8.11. The lowest BCUT2D eigenvalue weighted by Gasteiger charge is -2.42. The number of anilines is 1. The maximum atomic E-state index is 11.8. The number of carbonyl (C=O) groups is 1. The summed E-state index contributed by atoms with van der Waals surface area (Å²) in [6.07, 6.45) is 2.07. The van der Waals surface area contributed by atoms with Crippen LogP contribution in [0.1, 0.15) is 18.4 Å². The Morgan fingerprint density at radius 2 is 2.00 bits per heavy atom. The number of rotatable bonds is 2. The second kappa shape index (κ2) is 4.28. The molecule has 4 nitrogen and oxygen atoms in total. The molecule has 0 radical (unpaired) electrons. The van der Waals surface area contributed by atoms with Crippen LogP contribution >= 0.6 is 0 Å². The third-order valence-corrected chi connectivity index (χ3v) is 4.12. The molecule has 1 aromatic rings. The fraction of sp³-hybridized carbons (Fsp3) is 0.500. The van der Waals surface area contributed by atoms with Crippen molar-refractivity contribution >= 4 is 11.7 Å². The van der Waals surface area contributed by atoms with Gasteiger partial charge in [0.15, 0.2) is 0 Å². The number of benzene rings is 1. The Hall–Kier alpha value is -1.55. The highest BCUT2D eigenvalue weighted by atomic mass is 16.5. The highest BCUT2D eigenvalue weighted by Crippen LogP contribution is 2.38. The zero-order valence-corrected chi connectivity index (χ0v) is 10.3. The molecule has 2 aliphatic heterocycles. The van der Waals surface area contributed by atoms with E-state index < -0.39 is 11.5 Å². The normalized spacial score (nSPS) is 21.7. The van der Waals surface area contributed by atoms with Gasteiger partial charge in [-0.05, 0) is 18.1 Å². The van der Waals surface area contributed by atoms with Crippen molar-refractivity contribution in [3.05, 3.63) is 29.8 Å². The number of aliphatic carboxylic acids is 1. The highest BCUT2D eigenvalue weighted by molar-refractivity contribution is 5.85. The fourth-order valence-corrected chi connectivity index (χ4v) is 3.09. The largest absolute Gasteiger partial charge is 0.479 e. The topological polar surface area (TPSA) is 49.8 Å². The molecule has 0 aliphatic carbocycles. The van der Waals surface area contributed by atoms with Crippen LogP contribution in [-0.4, -0.2) is 36.4 Å². The second-order valence-corrected chi connectivity index (χ2v) is 4.98. The molecule has 2 heterocycles. The standard InChI is InChI=1S/C14H17NO3/c16-13(17)14(6-9-18-10-7-14)15-8-5-11-3-1-2-4-12(11)15/h1-4H,5-10H2,(H,16,17). The van der Waals surface area contributed by atoms with E-state index in [1.54, 1.807) is 0 Å². The smallest absolute Gasteiger partial charge is 0.329 e. The average molecular weight is 247 g/mol. The van der Waals surface area contributed by atoms with Crippen molar-refractivity contribution in [2.24, 2.45) is 0 Å². The summed E-state index contributed by atoms with van der Waals surface area (Å²) in [7, 11) is 0. The lowest BCUT2D eigenvalue weighted by atomic mass is 9.88. The van der Waals surface area contributed by atoms with Crippen molar-refractivity contribution in [2.75, 3.05) is 24.7 Å². The number of hydrogen-bond acceptors (Lipinski definition) is 3. The lowest BCUT2D eigenvalue weighted by molar-refractivity contribution is -0.147. The van der Waals surface area contributed by atoms with Crippen LogP contribution < -0.4 is 4.90 Å². The summed E-state index contributed by atoms with van der Waals surface area (Å²) >= 11 is 0. The molecule has 1 aromatic carbocycles. The first-order valence-electron chi connectivity index (χ1n) is 6.41. The van der Waals surface area contributed by atoms with Gasteiger partial charge in [0.25, 0.3) is 0 Å². The monoisotopic (exact) mass is 247 g/mol. The zero-order chi connectivity index (χ0) is 12.6. The first kappa shape index (κ1) is 11.5. The van der Waals surface area contributed by atoms with E-state index in [1.807, 2.05) is 18.2 Å². The van der Waals surface area contributed by atoms with Gasteiger partial charge < -0.3 is 14.7 Å². The van der Waals surface area contributed by atoms with Crippen LogP contribution in [0.5, 0.6) is 0 Å². The minimum absolute atomic E-state index is 0.533. The highest BCUT2D eigenvalue weighted by Gasteiger charge is 2.47. The molecule has 1 N–H and O–H groups in total. The fourth-order valence-electron chi connectivity index (χ4n) is 3.09. The van der Waals surface area contributed by atoms with Gasteiger partial charge >= 0.3 is 5.97 Å². The Balaban J connectivity index is 2.00. The molecule has 18 heavy (non-hydrogen) atoms. The first-order chi connectivity index (χ1) is 8.74. The molecule has 0 unspecified atom stereocenters. The molecular formula is C14H17NO3. The van der Waals surface area contributed by atoms with Gasteiger partial charge in [-0.1, -0.05) is 18.2 Å². The Morgan fingerprint density at radius 1 is 1.28 bits per heavy atom. The summed E-state index contributed by atoms with van der Waals surface area (Å²) in [5.41, 5.74) is 1.57. The van der Waals surface area contributed by atoms with Crippen LogP contribution in [0, 0.1) is 0 Å². The predicted molar refractivity (Wildman–Crippen MR) is 67.9 cm³/mol. The van der Waals surface area contributed by atoms with Crippen LogP contribution in [0.2, 0.25) is 0 Å². The van der Waals surface area contributed by atoms with E-state index in [9.17, 15) is 9.90 Å². The van der Waals surface area contributed by atoms with Gasteiger partial charge in [0.05, 0.1) is 0 Å². The number of carboxylic acid groups (broad SMARTS) is 1. The van der Waals surface area contributed by atoms with Crippen molar-refractivity contribution in [1.29, 1.82) is 0 Å². The van der Waals surface area contributed by atoms with E-state index in [0.29, 0.717) is 26.1 Å². The van der Waals surface area contributed by atoms with E-state index in [-0.39, 0.29) is 0 Å². The molecule has 96 valence electrons. The number of fused-ring (bicyclic) bond motifs is 1. The Kier molecular flexibility index (Phi) is 2.74. The summed E-state index contributed by atoms with van der Waals surface area (Å²) in [6.45, 7) is 1.86. The Morgan fingerprint density at radius 3 is 2.72 bits per heavy atom. The number of carboxylic acids is 1. The maximum absolute atomic E-state index is 11.8. The summed E-state index contributed by atoms with van der Waals surface area (Å²) in [4.78, 5) is 13.9. The van der Waals surface area contributed by atoms with Gasteiger partial charge in [0.2, 0.25) is 0 Å². The van der Waals surface area contributed by atoms with Crippen molar-refractivity contribution < 1.29 is 14.6 Å². The SMILES string of the molecule is O=C(O)C1(N2CCc3ccccc32)CCOCC1. The minimum atomic E-state index is -0.773. The number of ether oxygens (including phenoxy) is 1. The number of hydrogen-bond donors (Lipinski definition) is 1. The molecule has 1 fully saturated rings. The van der Waals surface area contributed by atoms with E-state index in [4.69, 9.17) is 4.74 Å². The molecule has 4 heteroatoms. The molecule has 2 aliphatic rings. The predicted octanol–water partition coefficient (Wildman–Crippen LogP) is 1.68. The van der Waals surface area contributed by atoms with Crippen molar-refractivity contribution in [3.63, 3.8) is 0 Å². The molecule has 0 aromatic heterocycles. The van der Waals surface area contributed by atoms with Gasteiger partial charge in [0.1, 0.15) is 5.54 Å². The molecular weight excluding hydrogens is 230 g/mol. The van der Waals surface area contributed by atoms with E-state index in [2.05, 4.69) is 11.0 Å². The van der Waals surface area contributed by atoms with E-state index >= 15 is 0 Å². The van der Waals surface area contributed by atoms with Crippen LogP contribution in [0.4, 0.5) is 5.69 Å². The Bertz CT molecular complexity index is 466. The molecule has 0 atom stereocenters. The third kappa shape index (κ3) is 1.60. The third-order valence-electron chi connectivity index (χ3n) is 4.12. The molecule has 0 bridgehead atoms. The lowest BCUT2D eigenvalue weighted by Crippen LogP contribution is -2.57. The van der Waals surface area contributed by atoms with Gasteiger partial charge in [-0.2, -0.15) is 0 Å². The van der Waals surface area contributed by atoms with E-state index in [1.165, 1.54) is 5.56 Å². The van der Waals surface area contributed by atoms with Crippen LogP contribution in [0.3, 0.4) is 0 Å². The summed E-state index contributed by atoms with van der Waals surface area (Å²) in [5, 5.41) is 9.68. The quantitative estimate of drug-likeness (QED) is 0.864. The average Bonchev–Trinajstić information content (AvgIpc) is 2.83. The van der Waals surface area contributed by atoms with Gasteiger partial charge in [0, 0.05) is 38.3 Å². The molecule has 0 saturated carbocycles. The molecule has 0 spiro atoms. The number of para-hydroxylation sites is 1. The number of nitrogens with zero attached hydrogens (tertiary/aromatic N) is 1. The maximum Gasteiger partial charge on any atom is 0.329 e. The first-order valence-corrected chi connectivity index (χ1v) is 6.41. The molecule has 1 saturated heterocycles. The van der Waals surface area contributed by atoms with Crippen LogP contribution in [0.25, 0.3) is 0 Å². The van der Waals surface area contributed by atoms with Gasteiger partial charge in [-0.25, -0.2) is 4.79 Å². The van der Waals surface area contributed by atoms with Gasteiger partial charge in [-0.3, -0.25) is 0 Å². The summed E-state index contributed by atoms with van der Waals surface area (Å²) in [5.74, 6) is -0.720.